The maximum atomic E-state index is 13.1. The van der Waals surface area contributed by atoms with Gasteiger partial charge in [-0.1, -0.05) is 54.6 Å². The summed E-state index contributed by atoms with van der Waals surface area (Å²) in [6.45, 7) is 4.45. The number of rotatable bonds is 9. The van der Waals surface area contributed by atoms with E-state index in [0.29, 0.717) is 18.8 Å². The van der Waals surface area contributed by atoms with Gasteiger partial charge in [-0.2, -0.15) is 0 Å². The Hall–Kier alpha value is -3.65. The molecule has 3 N–H and O–H groups in total. The smallest absolute Gasteiger partial charge is 0.264 e. The van der Waals surface area contributed by atoms with Crippen LogP contribution in [0.15, 0.2) is 77.7 Å². The van der Waals surface area contributed by atoms with E-state index in [0.717, 1.165) is 16.3 Å². The van der Waals surface area contributed by atoms with Crippen LogP contribution in [0.25, 0.3) is 16.8 Å². The van der Waals surface area contributed by atoms with Gasteiger partial charge < -0.3 is 10.6 Å². The van der Waals surface area contributed by atoms with Gasteiger partial charge in [0.15, 0.2) is 0 Å². The van der Waals surface area contributed by atoms with E-state index in [4.69, 9.17) is 5.73 Å². The molecule has 0 spiro atoms. The molecular formula is C26H29N3O4S. The van der Waals surface area contributed by atoms with Crippen LogP contribution < -0.4 is 10.5 Å². The SMILES string of the molecule is CCN(CC)C(=O)C(C/C=C/c1ccc(N)cc1)C(=O)NS(=O)(=O)c1ccc2ccccc2c1. The van der Waals surface area contributed by atoms with Gasteiger partial charge in [-0.25, -0.2) is 13.1 Å². The van der Waals surface area contributed by atoms with Crippen LogP contribution in [0.5, 0.6) is 0 Å². The number of allylic oxidation sites excluding steroid dienone is 1. The Morgan fingerprint density at radius 2 is 1.62 bits per heavy atom. The van der Waals surface area contributed by atoms with Crippen LogP contribution in [0.4, 0.5) is 5.69 Å². The standard InChI is InChI=1S/C26H29N3O4S/c1-3-29(4-2)26(31)24(11-7-8-19-12-15-22(27)16-13-19)25(30)28-34(32,33)23-17-14-20-9-5-6-10-21(20)18-23/h5-10,12-18,24H,3-4,11,27H2,1-2H3,(H,28,30)/b8-7+. The summed E-state index contributed by atoms with van der Waals surface area (Å²) in [5.41, 5.74) is 7.18. The van der Waals surface area contributed by atoms with Gasteiger partial charge in [0.1, 0.15) is 5.92 Å². The third-order valence-electron chi connectivity index (χ3n) is 5.57. The normalized spacial score (nSPS) is 12.5. The van der Waals surface area contributed by atoms with E-state index in [9.17, 15) is 18.0 Å². The molecule has 34 heavy (non-hydrogen) atoms. The van der Waals surface area contributed by atoms with Crippen molar-refractivity contribution in [2.75, 3.05) is 18.8 Å². The Kier molecular flexibility index (Phi) is 8.07. The molecule has 3 rings (SSSR count). The summed E-state index contributed by atoms with van der Waals surface area (Å²) >= 11 is 0. The maximum Gasteiger partial charge on any atom is 0.264 e. The lowest BCUT2D eigenvalue weighted by atomic mass is 10.0. The third-order valence-corrected chi connectivity index (χ3v) is 6.92. The molecule has 0 heterocycles. The number of benzene rings is 3. The Labute approximate surface area is 200 Å². The molecule has 0 aliphatic heterocycles. The predicted octanol–water partition coefficient (Wildman–Crippen LogP) is 3.82. The number of nitrogens with two attached hydrogens (primary N) is 1. The van der Waals surface area contributed by atoms with Gasteiger partial charge in [0.2, 0.25) is 11.8 Å². The summed E-state index contributed by atoms with van der Waals surface area (Å²) in [7, 11) is -4.16. The minimum atomic E-state index is -4.16. The van der Waals surface area contributed by atoms with Crippen LogP contribution in [0.2, 0.25) is 0 Å². The molecule has 178 valence electrons. The van der Waals surface area contributed by atoms with Gasteiger partial charge >= 0.3 is 0 Å². The Morgan fingerprint density at radius 1 is 0.971 bits per heavy atom. The molecular weight excluding hydrogens is 450 g/mol. The van der Waals surface area contributed by atoms with Crippen molar-refractivity contribution in [1.82, 2.24) is 9.62 Å². The zero-order valence-corrected chi connectivity index (χ0v) is 20.1. The van der Waals surface area contributed by atoms with E-state index < -0.39 is 27.8 Å². The predicted molar refractivity (Wildman–Crippen MR) is 135 cm³/mol. The summed E-state index contributed by atoms with van der Waals surface area (Å²) in [6, 6.07) is 19.1. The van der Waals surface area contributed by atoms with Crippen molar-refractivity contribution in [1.29, 1.82) is 0 Å². The number of carbonyl (C=O) groups excluding carboxylic acids is 2. The summed E-state index contributed by atoms with van der Waals surface area (Å²) in [5, 5.41) is 1.62. The number of anilines is 1. The van der Waals surface area contributed by atoms with E-state index in [1.807, 2.05) is 44.2 Å². The monoisotopic (exact) mass is 479 g/mol. The zero-order valence-electron chi connectivity index (χ0n) is 19.3. The molecule has 2 amide bonds. The van der Waals surface area contributed by atoms with E-state index in [2.05, 4.69) is 4.72 Å². The average molecular weight is 480 g/mol. The minimum absolute atomic E-state index is 0.0361. The lowest BCUT2D eigenvalue weighted by Crippen LogP contribution is -2.45. The minimum Gasteiger partial charge on any atom is -0.399 e. The van der Waals surface area contributed by atoms with Crippen LogP contribution in [0.1, 0.15) is 25.8 Å². The van der Waals surface area contributed by atoms with Gasteiger partial charge in [0.25, 0.3) is 10.0 Å². The van der Waals surface area contributed by atoms with Crippen LogP contribution >= 0.6 is 0 Å². The first-order valence-electron chi connectivity index (χ1n) is 11.1. The highest BCUT2D eigenvalue weighted by molar-refractivity contribution is 7.90. The number of sulfonamides is 1. The van der Waals surface area contributed by atoms with Crippen LogP contribution in [-0.4, -0.2) is 38.2 Å². The number of nitrogens with one attached hydrogen (secondary N) is 1. The van der Waals surface area contributed by atoms with Crippen molar-refractivity contribution in [2.45, 2.75) is 25.2 Å². The lowest BCUT2D eigenvalue weighted by Gasteiger charge is -2.24. The third kappa shape index (κ3) is 6.02. The first kappa shape index (κ1) is 25.0. The number of carbonyl (C=O) groups is 2. The van der Waals surface area contributed by atoms with Crippen LogP contribution in [0.3, 0.4) is 0 Å². The number of hydrogen-bond acceptors (Lipinski definition) is 5. The number of fused-ring (bicyclic) bond motifs is 1. The first-order valence-corrected chi connectivity index (χ1v) is 12.6. The molecule has 0 saturated heterocycles. The summed E-state index contributed by atoms with van der Waals surface area (Å²) in [4.78, 5) is 27.6. The van der Waals surface area contributed by atoms with Crippen molar-refractivity contribution < 1.29 is 18.0 Å². The van der Waals surface area contributed by atoms with E-state index >= 15 is 0 Å². The van der Waals surface area contributed by atoms with Crippen molar-refractivity contribution in [3.8, 4) is 0 Å². The summed E-state index contributed by atoms with van der Waals surface area (Å²) < 4.78 is 28.0. The van der Waals surface area contributed by atoms with Crippen molar-refractivity contribution >= 4 is 44.4 Å². The number of hydrogen-bond donors (Lipinski definition) is 2. The number of nitrogens with zero attached hydrogens (tertiary/aromatic N) is 1. The van der Waals surface area contributed by atoms with Gasteiger partial charge in [0, 0.05) is 18.8 Å². The number of amides is 2. The quantitative estimate of drug-likeness (QED) is 0.358. The molecule has 1 atom stereocenters. The number of nitrogen functional groups attached to an aromatic ring is 1. The van der Waals surface area contributed by atoms with Gasteiger partial charge in [-0.15, -0.1) is 0 Å². The molecule has 0 bridgehead atoms. The van der Waals surface area contributed by atoms with E-state index in [1.165, 1.54) is 17.0 Å². The van der Waals surface area contributed by atoms with Crippen LogP contribution in [-0.2, 0) is 19.6 Å². The molecule has 0 radical (unpaired) electrons. The largest absolute Gasteiger partial charge is 0.399 e. The molecule has 0 aliphatic rings. The van der Waals surface area contributed by atoms with Crippen molar-refractivity contribution in [3.63, 3.8) is 0 Å². The molecule has 7 nitrogen and oxygen atoms in total. The summed E-state index contributed by atoms with van der Waals surface area (Å²) in [6.07, 6.45) is 3.52. The van der Waals surface area contributed by atoms with Gasteiger partial charge in [-0.3, -0.25) is 9.59 Å². The molecule has 8 heteroatoms. The zero-order chi connectivity index (χ0) is 24.7. The lowest BCUT2D eigenvalue weighted by molar-refractivity contribution is -0.141. The maximum absolute atomic E-state index is 13.1. The Morgan fingerprint density at radius 3 is 2.26 bits per heavy atom. The van der Waals surface area contributed by atoms with Crippen LogP contribution in [0, 0.1) is 5.92 Å². The second-order valence-electron chi connectivity index (χ2n) is 7.85. The van der Waals surface area contributed by atoms with Gasteiger partial charge in [-0.05, 0) is 60.9 Å². The molecule has 0 aromatic heterocycles. The van der Waals surface area contributed by atoms with E-state index in [-0.39, 0.29) is 11.3 Å². The Bertz CT molecular complexity index is 1300. The topological polar surface area (TPSA) is 110 Å². The molecule has 1 unspecified atom stereocenters. The molecule has 3 aromatic rings. The molecule has 3 aromatic carbocycles. The average Bonchev–Trinajstić information content (AvgIpc) is 2.83. The highest BCUT2D eigenvalue weighted by atomic mass is 32.2. The molecule has 0 fully saturated rings. The fourth-order valence-electron chi connectivity index (χ4n) is 3.62. The first-order chi connectivity index (χ1) is 16.2. The fourth-order valence-corrected chi connectivity index (χ4v) is 4.67. The van der Waals surface area contributed by atoms with Crippen molar-refractivity contribution in [3.05, 3.63) is 78.4 Å². The highest BCUT2D eigenvalue weighted by Gasteiger charge is 2.31. The highest BCUT2D eigenvalue weighted by Crippen LogP contribution is 2.20. The van der Waals surface area contributed by atoms with Crippen molar-refractivity contribution in [2.24, 2.45) is 5.92 Å². The Balaban J connectivity index is 1.83. The summed E-state index contributed by atoms with van der Waals surface area (Å²) in [5.74, 6) is -2.45. The fraction of sp³-hybridized carbons (Fsp3) is 0.231. The molecule has 0 aliphatic carbocycles. The second kappa shape index (κ2) is 11.0. The van der Waals surface area contributed by atoms with E-state index in [1.54, 1.807) is 36.4 Å². The second-order valence-corrected chi connectivity index (χ2v) is 9.53. The van der Waals surface area contributed by atoms with Gasteiger partial charge in [0.05, 0.1) is 4.90 Å². The molecule has 0 saturated carbocycles.